The molecule has 4 rings (SSSR count). The number of aliphatic hydroxyl groups is 1. The maximum atomic E-state index is 13.7. The van der Waals surface area contributed by atoms with E-state index in [0.29, 0.717) is 37.0 Å². The molecule has 2 unspecified atom stereocenters. The molecule has 2 atom stereocenters. The highest BCUT2D eigenvalue weighted by atomic mass is 19.4. The van der Waals surface area contributed by atoms with Crippen LogP contribution in [-0.4, -0.2) is 63.5 Å². The molecule has 0 radical (unpaired) electrons. The van der Waals surface area contributed by atoms with Crippen molar-refractivity contribution in [2.75, 3.05) is 25.5 Å². The Kier molecular flexibility index (Phi) is 5.91. The van der Waals surface area contributed by atoms with Crippen LogP contribution in [0.5, 0.6) is 5.75 Å². The predicted octanol–water partition coefficient (Wildman–Crippen LogP) is 3.49. The van der Waals surface area contributed by atoms with Crippen LogP contribution in [0.3, 0.4) is 0 Å². The largest absolute Gasteiger partial charge is 0.435 e. The molecule has 2 aromatic heterocycles. The Balaban J connectivity index is 1.73. The molecular formula is C20H20F5N5O2. The standard InChI is InChI=1S/C20H20F5N5O2/c1-29-9-11(7-12(31)10-29)26-19-28-27-17(16-3-2-6-30(16)19)14-5-4-13(32-18(21)22)8-15(14)20(23,24)25/h2-6,8,11-12,18,31H,7,9-10H2,1H3,(H,26,28). The average molecular weight is 457 g/mol. The number of piperidine rings is 1. The molecule has 2 N–H and O–H groups in total. The van der Waals surface area contributed by atoms with Gasteiger partial charge in [0.15, 0.2) is 0 Å². The van der Waals surface area contributed by atoms with Crippen molar-refractivity contribution in [1.82, 2.24) is 19.5 Å². The Morgan fingerprint density at radius 1 is 1.19 bits per heavy atom. The van der Waals surface area contributed by atoms with E-state index >= 15 is 0 Å². The van der Waals surface area contributed by atoms with Gasteiger partial charge in [0.05, 0.1) is 17.2 Å². The number of aliphatic hydroxyl groups excluding tert-OH is 1. The number of likely N-dealkylation sites (tertiary alicyclic amines) is 1. The van der Waals surface area contributed by atoms with Crippen molar-refractivity contribution < 1.29 is 31.8 Å². The molecule has 0 bridgehead atoms. The molecule has 1 aromatic carbocycles. The number of benzene rings is 1. The van der Waals surface area contributed by atoms with E-state index in [-0.39, 0.29) is 17.3 Å². The second-order valence-corrected chi connectivity index (χ2v) is 7.67. The van der Waals surface area contributed by atoms with Crippen molar-refractivity contribution in [2.45, 2.75) is 31.4 Å². The van der Waals surface area contributed by atoms with Gasteiger partial charge in [0.1, 0.15) is 11.4 Å². The number of nitrogens with one attached hydrogen (secondary N) is 1. The van der Waals surface area contributed by atoms with E-state index in [0.717, 1.165) is 12.1 Å². The lowest BCUT2D eigenvalue weighted by Gasteiger charge is -2.33. The Labute approximate surface area is 179 Å². The highest BCUT2D eigenvalue weighted by molar-refractivity contribution is 5.80. The number of hydrogen-bond donors (Lipinski definition) is 2. The second kappa shape index (κ2) is 8.51. The average Bonchev–Trinajstić information content (AvgIpc) is 3.17. The van der Waals surface area contributed by atoms with Gasteiger partial charge in [0.25, 0.3) is 0 Å². The highest BCUT2D eigenvalue weighted by Crippen LogP contribution is 2.40. The van der Waals surface area contributed by atoms with Gasteiger partial charge >= 0.3 is 12.8 Å². The molecule has 3 heterocycles. The zero-order valence-corrected chi connectivity index (χ0v) is 16.9. The fraction of sp³-hybridized carbons (Fsp3) is 0.400. The summed E-state index contributed by atoms with van der Waals surface area (Å²) in [6, 6.07) is 5.68. The molecule has 3 aromatic rings. The molecule has 1 aliphatic heterocycles. The van der Waals surface area contributed by atoms with Crippen LogP contribution >= 0.6 is 0 Å². The molecule has 1 saturated heterocycles. The number of ether oxygens (including phenoxy) is 1. The summed E-state index contributed by atoms with van der Waals surface area (Å²) >= 11 is 0. The Morgan fingerprint density at radius 2 is 1.97 bits per heavy atom. The van der Waals surface area contributed by atoms with Gasteiger partial charge in [0, 0.05) is 30.9 Å². The summed E-state index contributed by atoms with van der Waals surface area (Å²) in [7, 11) is 1.87. The fourth-order valence-electron chi connectivity index (χ4n) is 3.96. The Bertz CT molecular complexity index is 1090. The first kappa shape index (κ1) is 22.2. The molecule has 0 amide bonds. The van der Waals surface area contributed by atoms with E-state index in [9.17, 15) is 27.1 Å². The first-order chi connectivity index (χ1) is 15.1. The SMILES string of the molecule is CN1CC(O)CC(Nc2nnc(-c3ccc(OC(F)F)cc3C(F)(F)F)c3cccn23)C1. The van der Waals surface area contributed by atoms with E-state index < -0.39 is 30.2 Å². The van der Waals surface area contributed by atoms with Crippen molar-refractivity contribution in [1.29, 1.82) is 0 Å². The number of anilines is 1. The van der Waals surface area contributed by atoms with E-state index in [4.69, 9.17) is 0 Å². The molecule has 172 valence electrons. The van der Waals surface area contributed by atoms with Gasteiger partial charge in [-0.3, -0.25) is 4.40 Å². The maximum absolute atomic E-state index is 13.7. The summed E-state index contributed by atoms with van der Waals surface area (Å²) in [6.45, 7) is -2.05. The molecule has 0 aliphatic carbocycles. The van der Waals surface area contributed by atoms with Crippen LogP contribution in [0.15, 0.2) is 36.5 Å². The fourth-order valence-corrected chi connectivity index (χ4v) is 3.96. The van der Waals surface area contributed by atoms with Crippen LogP contribution in [-0.2, 0) is 6.18 Å². The number of hydrogen-bond acceptors (Lipinski definition) is 6. The maximum Gasteiger partial charge on any atom is 0.417 e. The lowest BCUT2D eigenvalue weighted by atomic mass is 10.0. The molecule has 1 fully saturated rings. The quantitative estimate of drug-likeness (QED) is 0.572. The minimum atomic E-state index is -4.83. The zero-order valence-electron chi connectivity index (χ0n) is 16.9. The molecule has 12 heteroatoms. The van der Waals surface area contributed by atoms with Crippen LogP contribution in [0.1, 0.15) is 12.0 Å². The van der Waals surface area contributed by atoms with E-state index in [1.54, 1.807) is 22.7 Å². The van der Waals surface area contributed by atoms with Crippen molar-refractivity contribution in [3.05, 3.63) is 42.1 Å². The summed E-state index contributed by atoms with van der Waals surface area (Å²) in [5.74, 6) is -0.291. The summed E-state index contributed by atoms with van der Waals surface area (Å²) in [5.41, 5.74) is -1.18. The van der Waals surface area contributed by atoms with Crippen LogP contribution in [0.4, 0.5) is 27.9 Å². The minimum absolute atomic E-state index is 0.0581. The third kappa shape index (κ3) is 4.60. The second-order valence-electron chi connectivity index (χ2n) is 7.67. The number of alkyl halides is 5. The zero-order chi connectivity index (χ0) is 23.0. The van der Waals surface area contributed by atoms with E-state index in [1.165, 1.54) is 0 Å². The molecule has 0 saturated carbocycles. The number of likely N-dealkylation sites (N-methyl/N-ethyl adjacent to an activating group) is 1. The first-order valence-electron chi connectivity index (χ1n) is 9.75. The molecule has 1 aliphatic rings. The minimum Gasteiger partial charge on any atom is -0.435 e. The number of rotatable bonds is 5. The van der Waals surface area contributed by atoms with Gasteiger partial charge in [-0.15, -0.1) is 10.2 Å². The Hall–Kier alpha value is -2.99. The lowest BCUT2D eigenvalue weighted by Crippen LogP contribution is -2.47. The van der Waals surface area contributed by atoms with Crippen molar-refractivity contribution >= 4 is 11.5 Å². The number of β-amino-alcohol motifs (C(OH)–C–C–N with tert-alkyl or cyclic N) is 1. The third-order valence-corrected chi connectivity index (χ3v) is 5.19. The third-order valence-electron chi connectivity index (χ3n) is 5.19. The number of halogens is 5. The normalized spacial score (nSPS) is 20.1. The van der Waals surface area contributed by atoms with Gasteiger partial charge in [0.2, 0.25) is 5.95 Å². The topological polar surface area (TPSA) is 74.9 Å². The van der Waals surface area contributed by atoms with Crippen LogP contribution in [0.2, 0.25) is 0 Å². The smallest absolute Gasteiger partial charge is 0.417 e. The number of fused-ring (bicyclic) bond motifs is 1. The highest BCUT2D eigenvalue weighted by Gasteiger charge is 2.35. The van der Waals surface area contributed by atoms with Crippen LogP contribution < -0.4 is 10.1 Å². The molecular weight excluding hydrogens is 437 g/mol. The van der Waals surface area contributed by atoms with E-state index in [1.807, 2.05) is 11.9 Å². The van der Waals surface area contributed by atoms with Gasteiger partial charge < -0.3 is 20.1 Å². The summed E-state index contributed by atoms with van der Waals surface area (Å²) in [4.78, 5) is 1.96. The van der Waals surface area contributed by atoms with Crippen molar-refractivity contribution in [3.8, 4) is 17.0 Å². The predicted molar refractivity (Wildman–Crippen MR) is 106 cm³/mol. The Morgan fingerprint density at radius 3 is 2.66 bits per heavy atom. The van der Waals surface area contributed by atoms with Crippen molar-refractivity contribution in [3.63, 3.8) is 0 Å². The molecule has 32 heavy (non-hydrogen) atoms. The number of aromatic nitrogens is 3. The summed E-state index contributed by atoms with van der Waals surface area (Å²) in [6.07, 6.45) is -3.23. The lowest BCUT2D eigenvalue weighted by molar-refractivity contribution is -0.137. The van der Waals surface area contributed by atoms with Crippen molar-refractivity contribution in [2.24, 2.45) is 0 Å². The first-order valence-corrected chi connectivity index (χ1v) is 9.75. The summed E-state index contributed by atoms with van der Waals surface area (Å²) < 4.78 is 71.7. The van der Waals surface area contributed by atoms with Crippen LogP contribution in [0.25, 0.3) is 16.8 Å². The molecule has 0 spiro atoms. The summed E-state index contributed by atoms with van der Waals surface area (Å²) in [5, 5.41) is 21.3. The van der Waals surface area contributed by atoms with Crippen LogP contribution in [0, 0.1) is 0 Å². The van der Waals surface area contributed by atoms with Gasteiger partial charge in [-0.1, -0.05) is 0 Å². The van der Waals surface area contributed by atoms with Gasteiger partial charge in [-0.05, 0) is 43.8 Å². The van der Waals surface area contributed by atoms with Gasteiger partial charge in [-0.25, -0.2) is 0 Å². The molecule has 7 nitrogen and oxygen atoms in total. The monoisotopic (exact) mass is 457 g/mol. The van der Waals surface area contributed by atoms with Gasteiger partial charge in [-0.2, -0.15) is 22.0 Å². The van der Waals surface area contributed by atoms with E-state index in [2.05, 4.69) is 20.3 Å². The number of nitrogens with zero attached hydrogens (tertiary/aromatic N) is 4.